The third kappa shape index (κ3) is 2.78. The highest BCUT2D eigenvalue weighted by Crippen LogP contribution is 2.25. The van der Waals surface area contributed by atoms with E-state index in [9.17, 15) is 4.79 Å². The molecule has 0 radical (unpaired) electrons. The molecule has 1 amide bonds. The number of nitrogens with one attached hydrogen (secondary N) is 1. The van der Waals surface area contributed by atoms with Crippen molar-refractivity contribution < 1.29 is 13.9 Å². The molecule has 98 valence electrons. The van der Waals surface area contributed by atoms with Crippen molar-refractivity contribution >= 4 is 5.91 Å². The van der Waals surface area contributed by atoms with Gasteiger partial charge in [-0.3, -0.25) is 4.79 Å². The first-order valence-electron chi connectivity index (χ1n) is 6.35. The van der Waals surface area contributed by atoms with Gasteiger partial charge >= 0.3 is 0 Å². The second kappa shape index (κ2) is 5.18. The van der Waals surface area contributed by atoms with Gasteiger partial charge in [0.1, 0.15) is 11.5 Å². The fraction of sp³-hybridized carbons (Fsp3) is 0.267. The number of rotatable bonds is 4. The van der Waals surface area contributed by atoms with Crippen molar-refractivity contribution in [2.24, 2.45) is 0 Å². The van der Waals surface area contributed by atoms with Crippen molar-refractivity contribution in [3.8, 4) is 5.75 Å². The summed E-state index contributed by atoms with van der Waals surface area (Å²) in [5.41, 5.74) is 2.21. The van der Waals surface area contributed by atoms with Crippen molar-refractivity contribution in [3.63, 3.8) is 0 Å². The fourth-order valence-electron chi connectivity index (χ4n) is 2.20. The average Bonchev–Trinajstić information content (AvgIpc) is 3.07. The Balaban J connectivity index is 1.57. The zero-order valence-corrected chi connectivity index (χ0v) is 10.5. The molecule has 1 aliphatic rings. The third-order valence-electron chi connectivity index (χ3n) is 3.16. The van der Waals surface area contributed by atoms with Crippen LogP contribution in [0.4, 0.5) is 0 Å². The molecule has 1 aliphatic heterocycles. The van der Waals surface area contributed by atoms with Crippen molar-refractivity contribution in [3.05, 3.63) is 53.5 Å². The zero-order valence-electron chi connectivity index (χ0n) is 10.5. The van der Waals surface area contributed by atoms with Gasteiger partial charge in [-0.1, -0.05) is 12.1 Å². The van der Waals surface area contributed by atoms with Crippen LogP contribution in [0.2, 0.25) is 0 Å². The number of fused-ring (bicyclic) bond motifs is 1. The van der Waals surface area contributed by atoms with Crippen LogP contribution in [0.5, 0.6) is 5.75 Å². The molecule has 1 aromatic heterocycles. The maximum absolute atomic E-state index is 11.8. The van der Waals surface area contributed by atoms with Crippen molar-refractivity contribution in [2.45, 2.75) is 19.4 Å². The second-order valence-corrected chi connectivity index (χ2v) is 4.57. The molecular weight excluding hydrogens is 242 g/mol. The van der Waals surface area contributed by atoms with Crippen LogP contribution in [0, 0.1) is 0 Å². The minimum atomic E-state index is -0.00438. The van der Waals surface area contributed by atoms with Gasteiger partial charge in [0.15, 0.2) is 0 Å². The number of carbonyl (C=O) groups is 1. The van der Waals surface area contributed by atoms with Crippen molar-refractivity contribution in [1.29, 1.82) is 0 Å². The molecule has 3 rings (SSSR count). The molecule has 1 aromatic carbocycles. The molecule has 0 aliphatic carbocycles. The molecule has 0 atom stereocenters. The number of ether oxygens (including phenoxy) is 1. The lowest BCUT2D eigenvalue weighted by Gasteiger charge is -2.05. The van der Waals surface area contributed by atoms with Gasteiger partial charge in [0.25, 0.3) is 0 Å². The number of carbonyl (C=O) groups excluding carboxylic acids is 1. The van der Waals surface area contributed by atoms with Gasteiger partial charge in [0.05, 0.1) is 25.8 Å². The van der Waals surface area contributed by atoms with E-state index in [0.717, 1.165) is 30.1 Å². The first-order valence-corrected chi connectivity index (χ1v) is 6.35. The number of benzene rings is 1. The summed E-state index contributed by atoms with van der Waals surface area (Å²) in [5.74, 6) is 1.70. The van der Waals surface area contributed by atoms with Crippen LogP contribution in [-0.4, -0.2) is 12.5 Å². The van der Waals surface area contributed by atoms with Gasteiger partial charge in [0.2, 0.25) is 5.91 Å². The van der Waals surface area contributed by atoms with E-state index >= 15 is 0 Å². The molecule has 2 heterocycles. The molecular formula is C15H15NO3. The molecule has 1 N–H and O–H groups in total. The highest BCUT2D eigenvalue weighted by atomic mass is 16.5. The highest BCUT2D eigenvalue weighted by Gasteiger charge is 2.13. The molecule has 0 fully saturated rings. The molecule has 4 nitrogen and oxygen atoms in total. The van der Waals surface area contributed by atoms with Gasteiger partial charge in [-0.2, -0.15) is 0 Å². The summed E-state index contributed by atoms with van der Waals surface area (Å²) in [4.78, 5) is 11.8. The Bertz CT molecular complexity index is 575. The summed E-state index contributed by atoms with van der Waals surface area (Å²) < 4.78 is 10.6. The van der Waals surface area contributed by atoms with Gasteiger partial charge in [-0.15, -0.1) is 0 Å². The zero-order chi connectivity index (χ0) is 13.1. The monoisotopic (exact) mass is 257 g/mol. The SMILES string of the molecule is O=C(Cc1ccc2c(c1)CCO2)NCc1ccco1. The Morgan fingerprint density at radius 2 is 2.26 bits per heavy atom. The second-order valence-electron chi connectivity index (χ2n) is 4.57. The minimum Gasteiger partial charge on any atom is -0.493 e. The van der Waals surface area contributed by atoms with Gasteiger partial charge in [-0.05, 0) is 29.3 Å². The predicted molar refractivity (Wildman–Crippen MR) is 69.9 cm³/mol. The van der Waals surface area contributed by atoms with Crippen LogP contribution in [0.25, 0.3) is 0 Å². The van der Waals surface area contributed by atoms with E-state index in [1.807, 2.05) is 24.3 Å². The Kier molecular flexibility index (Phi) is 3.23. The number of furan rings is 1. The standard InChI is InChI=1S/C15H15NO3/c17-15(16-10-13-2-1-6-18-13)9-11-3-4-14-12(8-11)5-7-19-14/h1-4,6,8H,5,7,9-10H2,(H,16,17). The number of hydrogen-bond donors (Lipinski definition) is 1. The van der Waals surface area contributed by atoms with E-state index in [-0.39, 0.29) is 5.91 Å². The fourth-order valence-corrected chi connectivity index (χ4v) is 2.20. The molecule has 0 saturated carbocycles. The molecule has 4 heteroatoms. The lowest BCUT2D eigenvalue weighted by atomic mass is 10.1. The molecule has 0 saturated heterocycles. The first kappa shape index (κ1) is 11.8. The predicted octanol–water partition coefficient (Wildman–Crippen LogP) is 2.07. The molecule has 19 heavy (non-hydrogen) atoms. The van der Waals surface area contributed by atoms with Crippen LogP contribution in [-0.2, 0) is 24.2 Å². The highest BCUT2D eigenvalue weighted by molar-refractivity contribution is 5.78. The van der Waals surface area contributed by atoms with E-state index in [0.29, 0.717) is 13.0 Å². The Labute approximate surface area is 111 Å². The smallest absolute Gasteiger partial charge is 0.224 e. The van der Waals surface area contributed by atoms with Crippen LogP contribution in [0.3, 0.4) is 0 Å². The van der Waals surface area contributed by atoms with Crippen LogP contribution in [0.15, 0.2) is 41.0 Å². The summed E-state index contributed by atoms with van der Waals surface area (Å²) in [6, 6.07) is 9.58. The maximum Gasteiger partial charge on any atom is 0.224 e. The lowest BCUT2D eigenvalue weighted by molar-refractivity contribution is -0.120. The van der Waals surface area contributed by atoms with Gasteiger partial charge in [0, 0.05) is 6.42 Å². The normalized spacial score (nSPS) is 12.8. The third-order valence-corrected chi connectivity index (χ3v) is 3.16. The van der Waals surface area contributed by atoms with Crippen LogP contribution >= 0.6 is 0 Å². The summed E-state index contributed by atoms with van der Waals surface area (Å²) in [5, 5.41) is 2.84. The van der Waals surface area contributed by atoms with E-state index in [1.54, 1.807) is 6.26 Å². The Morgan fingerprint density at radius 3 is 3.11 bits per heavy atom. The maximum atomic E-state index is 11.8. The topological polar surface area (TPSA) is 51.5 Å². The molecule has 0 unspecified atom stereocenters. The average molecular weight is 257 g/mol. The van der Waals surface area contributed by atoms with E-state index in [1.165, 1.54) is 5.56 Å². The Morgan fingerprint density at radius 1 is 1.32 bits per heavy atom. The molecule has 0 spiro atoms. The summed E-state index contributed by atoms with van der Waals surface area (Å²) in [6.07, 6.45) is 2.91. The van der Waals surface area contributed by atoms with E-state index in [4.69, 9.17) is 9.15 Å². The van der Waals surface area contributed by atoms with Crippen molar-refractivity contribution in [1.82, 2.24) is 5.32 Å². The molecule has 2 aromatic rings. The molecule has 0 bridgehead atoms. The number of amides is 1. The quantitative estimate of drug-likeness (QED) is 0.912. The van der Waals surface area contributed by atoms with Gasteiger partial charge in [-0.25, -0.2) is 0 Å². The Hall–Kier alpha value is -2.23. The van der Waals surface area contributed by atoms with Crippen LogP contribution in [0.1, 0.15) is 16.9 Å². The largest absolute Gasteiger partial charge is 0.493 e. The van der Waals surface area contributed by atoms with E-state index < -0.39 is 0 Å². The summed E-state index contributed by atoms with van der Waals surface area (Å²) in [7, 11) is 0. The minimum absolute atomic E-state index is 0.00438. The summed E-state index contributed by atoms with van der Waals surface area (Å²) >= 11 is 0. The van der Waals surface area contributed by atoms with Gasteiger partial charge < -0.3 is 14.5 Å². The number of hydrogen-bond acceptors (Lipinski definition) is 3. The summed E-state index contributed by atoms with van der Waals surface area (Å²) in [6.45, 7) is 1.17. The lowest BCUT2D eigenvalue weighted by Crippen LogP contribution is -2.24. The first-order chi connectivity index (χ1) is 9.31. The van der Waals surface area contributed by atoms with E-state index in [2.05, 4.69) is 11.4 Å². The van der Waals surface area contributed by atoms with Crippen molar-refractivity contribution in [2.75, 3.05) is 6.61 Å². The van der Waals surface area contributed by atoms with Crippen LogP contribution < -0.4 is 10.1 Å².